The number of rotatable bonds is 3. The van der Waals surface area contributed by atoms with Gasteiger partial charge in [-0.15, -0.1) is 0 Å². The maximum atomic E-state index is 12.0. The van der Waals surface area contributed by atoms with Crippen molar-refractivity contribution >= 4 is 11.6 Å². The Morgan fingerprint density at radius 3 is 2.85 bits per heavy atom. The van der Waals surface area contributed by atoms with Crippen molar-refractivity contribution in [2.24, 2.45) is 0 Å². The molecule has 1 amide bonds. The second kappa shape index (κ2) is 5.77. The number of anilines is 1. The average Bonchev–Trinajstić information content (AvgIpc) is 3.03. The number of hydrogen-bond acceptors (Lipinski definition) is 3. The van der Waals surface area contributed by atoms with Crippen LogP contribution < -0.4 is 10.2 Å². The van der Waals surface area contributed by atoms with Crippen molar-refractivity contribution in [2.45, 2.75) is 18.9 Å². The Labute approximate surface area is 118 Å². The van der Waals surface area contributed by atoms with Crippen LogP contribution in [0.1, 0.15) is 23.2 Å². The van der Waals surface area contributed by atoms with Crippen molar-refractivity contribution in [3.05, 3.63) is 48.5 Å². The first-order chi connectivity index (χ1) is 9.83. The van der Waals surface area contributed by atoms with Gasteiger partial charge in [0.2, 0.25) is 0 Å². The van der Waals surface area contributed by atoms with Crippen LogP contribution in [0.15, 0.2) is 43.0 Å². The highest BCUT2D eigenvalue weighted by Gasteiger charge is 2.21. The van der Waals surface area contributed by atoms with E-state index in [-0.39, 0.29) is 11.9 Å². The van der Waals surface area contributed by atoms with Gasteiger partial charge in [0.1, 0.15) is 0 Å². The zero-order valence-corrected chi connectivity index (χ0v) is 11.2. The van der Waals surface area contributed by atoms with Crippen LogP contribution in [0.3, 0.4) is 0 Å². The molecule has 5 heteroatoms. The van der Waals surface area contributed by atoms with Gasteiger partial charge >= 0.3 is 0 Å². The number of amides is 1. The van der Waals surface area contributed by atoms with Crippen molar-refractivity contribution < 1.29 is 4.79 Å². The molecule has 5 nitrogen and oxygen atoms in total. The molecule has 0 bridgehead atoms. The summed E-state index contributed by atoms with van der Waals surface area (Å²) in [6, 6.07) is 6.08. The predicted octanol–water partition coefficient (Wildman–Crippen LogP) is 1.81. The lowest BCUT2D eigenvalue weighted by Gasteiger charge is -2.33. The van der Waals surface area contributed by atoms with Crippen LogP contribution >= 0.6 is 0 Å². The van der Waals surface area contributed by atoms with Gasteiger partial charge in [0, 0.05) is 37.7 Å². The fraction of sp³-hybridized carbons (Fsp3) is 0.333. The maximum absolute atomic E-state index is 12.0. The third-order valence-electron chi connectivity index (χ3n) is 3.70. The summed E-state index contributed by atoms with van der Waals surface area (Å²) < 4.78 is 0. The molecule has 2 aromatic rings. The fourth-order valence-corrected chi connectivity index (χ4v) is 2.56. The molecular formula is C15H18N4O. The zero-order valence-electron chi connectivity index (χ0n) is 11.2. The topological polar surface area (TPSA) is 61.0 Å². The molecule has 3 heterocycles. The van der Waals surface area contributed by atoms with Gasteiger partial charge in [0.05, 0.1) is 17.4 Å². The maximum Gasteiger partial charge on any atom is 0.253 e. The standard InChI is InChI=1S/C15H18N4O/c20-15(12-3-7-17-10-12)18-13-4-8-19(9-5-13)14-2-1-6-16-11-14/h1-3,6-7,10-11,13,17H,4-5,8-9H2,(H,18,20). The molecule has 0 aliphatic carbocycles. The minimum atomic E-state index is 0.00563. The first kappa shape index (κ1) is 12.7. The number of carbonyl (C=O) groups is 1. The molecule has 20 heavy (non-hydrogen) atoms. The van der Waals surface area contributed by atoms with Crippen LogP contribution in [-0.2, 0) is 0 Å². The predicted molar refractivity (Wildman–Crippen MR) is 77.7 cm³/mol. The van der Waals surface area contributed by atoms with Gasteiger partial charge < -0.3 is 15.2 Å². The summed E-state index contributed by atoms with van der Waals surface area (Å²) in [6.07, 6.45) is 9.09. The normalized spacial score (nSPS) is 16.1. The van der Waals surface area contributed by atoms with E-state index in [0.717, 1.165) is 31.6 Å². The van der Waals surface area contributed by atoms with E-state index in [1.165, 1.54) is 0 Å². The Morgan fingerprint density at radius 1 is 1.35 bits per heavy atom. The largest absolute Gasteiger partial charge is 0.370 e. The van der Waals surface area contributed by atoms with E-state index in [1.54, 1.807) is 24.7 Å². The summed E-state index contributed by atoms with van der Waals surface area (Å²) in [5.74, 6) is 0.00563. The molecule has 0 atom stereocenters. The smallest absolute Gasteiger partial charge is 0.253 e. The highest BCUT2D eigenvalue weighted by atomic mass is 16.1. The van der Waals surface area contributed by atoms with E-state index in [4.69, 9.17) is 0 Å². The van der Waals surface area contributed by atoms with Gasteiger partial charge in [-0.2, -0.15) is 0 Å². The van der Waals surface area contributed by atoms with Crippen LogP contribution in [0.25, 0.3) is 0 Å². The van der Waals surface area contributed by atoms with Crippen molar-refractivity contribution in [1.82, 2.24) is 15.3 Å². The van der Waals surface area contributed by atoms with Crippen LogP contribution in [0, 0.1) is 0 Å². The number of pyridine rings is 1. The lowest BCUT2D eigenvalue weighted by molar-refractivity contribution is 0.0931. The molecular weight excluding hydrogens is 252 g/mol. The minimum Gasteiger partial charge on any atom is -0.370 e. The molecule has 1 aliphatic rings. The van der Waals surface area contributed by atoms with Gasteiger partial charge in [-0.1, -0.05) is 0 Å². The van der Waals surface area contributed by atoms with Crippen LogP contribution in [-0.4, -0.2) is 35.0 Å². The molecule has 3 rings (SSSR count). The Balaban J connectivity index is 1.53. The number of nitrogens with one attached hydrogen (secondary N) is 2. The molecule has 1 aliphatic heterocycles. The molecule has 1 saturated heterocycles. The Morgan fingerprint density at radius 2 is 2.20 bits per heavy atom. The highest BCUT2D eigenvalue weighted by molar-refractivity contribution is 5.94. The average molecular weight is 270 g/mol. The summed E-state index contributed by atoms with van der Waals surface area (Å²) in [5.41, 5.74) is 1.85. The SMILES string of the molecule is O=C(NC1CCN(c2cccnc2)CC1)c1cc[nH]c1. The number of aromatic nitrogens is 2. The monoisotopic (exact) mass is 270 g/mol. The quantitative estimate of drug-likeness (QED) is 0.894. The highest BCUT2D eigenvalue weighted by Crippen LogP contribution is 2.18. The molecule has 0 spiro atoms. The molecule has 104 valence electrons. The first-order valence-electron chi connectivity index (χ1n) is 6.91. The first-order valence-corrected chi connectivity index (χ1v) is 6.91. The fourth-order valence-electron chi connectivity index (χ4n) is 2.56. The molecule has 0 unspecified atom stereocenters. The summed E-state index contributed by atoms with van der Waals surface area (Å²) in [4.78, 5) is 21.3. The summed E-state index contributed by atoms with van der Waals surface area (Å²) in [6.45, 7) is 1.90. The van der Waals surface area contributed by atoms with Crippen molar-refractivity contribution in [1.29, 1.82) is 0 Å². The van der Waals surface area contributed by atoms with Gasteiger partial charge in [-0.05, 0) is 31.0 Å². The molecule has 2 N–H and O–H groups in total. The molecule has 0 radical (unpaired) electrons. The zero-order chi connectivity index (χ0) is 13.8. The number of hydrogen-bond donors (Lipinski definition) is 2. The second-order valence-corrected chi connectivity index (χ2v) is 5.05. The van der Waals surface area contributed by atoms with E-state index in [0.29, 0.717) is 5.56 Å². The Kier molecular flexibility index (Phi) is 3.67. The van der Waals surface area contributed by atoms with E-state index in [1.807, 2.05) is 12.3 Å². The number of carbonyl (C=O) groups excluding carboxylic acids is 1. The van der Waals surface area contributed by atoms with E-state index >= 15 is 0 Å². The molecule has 0 aromatic carbocycles. The third-order valence-corrected chi connectivity index (χ3v) is 3.70. The molecule has 2 aromatic heterocycles. The van der Waals surface area contributed by atoms with E-state index in [2.05, 4.69) is 26.3 Å². The summed E-state index contributed by atoms with van der Waals surface area (Å²) in [7, 11) is 0. The summed E-state index contributed by atoms with van der Waals surface area (Å²) >= 11 is 0. The van der Waals surface area contributed by atoms with Gasteiger partial charge in [0.25, 0.3) is 5.91 Å². The lowest BCUT2D eigenvalue weighted by atomic mass is 10.0. The number of nitrogens with zero attached hydrogens (tertiary/aromatic N) is 2. The minimum absolute atomic E-state index is 0.00563. The molecule has 1 fully saturated rings. The van der Waals surface area contributed by atoms with E-state index in [9.17, 15) is 4.79 Å². The third kappa shape index (κ3) is 2.82. The number of aromatic amines is 1. The lowest BCUT2D eigenvalue weighted by Crippen LogP contribution is -2.44. The van der Waals surface area contributed by atoms with Gasteiger partial charge in [-0.25, -0.2) is 0 Å². The number of H-pyrrole nitrogens is 1. The van der Waals surface area contributed by atoms with Crippen molar-refractivity contribution in [3.8, 4) is 0 Å². The van der Waals surface area contributed by atoms with Gasteiger partial charge in [0.15, 0.2) is 0 Å². The van der Waals surface area contributed by atoms with Crippen molar-refractivity contribution in [3.63, 3.8) is 0 Å². The second-order valence-electron chi connectivity index (χ2n) is 5.05. The van der Waals surface area contributed by atoms with Gasteiger partial charge in [-0.3, -0.25) is 9.78 Å². The van der Waals surface area contributed by atoms with Crippen molar-refractivity contribution in [2.75, 3.05) is 18.0 Å². The van der Waals surface area contributed by atoms with Crippen LogP contribution in [0.4, 0.5) is 5.69 Å². The number of piperidine rings is 1. The Hall–Kier alpha value is -2.30. The summed E-state index contributed by atoms with van der Waals surface area (Å²) in [5, 5.41) is 3.09. The Bertz CT molecular complexity index is 545. The van der Waals surface area contributed by atoms with Crippen LogP contribution in [0.2, 0.25) is 0 Å². The van der Waals surface area contributed by atoms with Crippen LogP contribution in [0.5, 0.6) is 0 Å². The van der Waals surface area contributed by atoms with E-state index < -0.39 is 0 Å². The molecule has 0 saturated carbocycles.